The Labute approximate surface area is 132 Å². The fourth-order valence-corrected chi connectivity index (χ4v) is 4.24. The van der Waals surface area contributed by atoms with E-state index in [0.29, 0.717) is 12.8 Å². The Balaban J connectivity index is 1.82. The van der Waals surface area contributed by atoms with E-state index >= 15 is 0 Å². The molecule has 2 saturated heterocycles. The lowest BCUT2D eigenvalue weighted by Crippen LogP contribution is -2.48. The predicted octanol–water partition coefficient (Wildman–Crippen LogP) is 1.81. The van der Waals surface area contributed by atoms with Crippen LogP contribution in [0, 0.1) is 0 Å². The summed E-state index contributed by atoms with van der Waals surface area (Å²) < 4.78 is 47.8. The SMILES string of the molecule is O=C(c1ccc(S(=O)(=O)C(F)F)cc1)N1[C@H]2CC[C@H]1CC(O)C2. The number of amides is 1. The van der Waals surface area contributed by atoms with Gasteiger partial charge in [-0.1, -0.05) is 0 Å². The lowest BCUT2D eigenvalue weighted by Gasteiger charge is -2.37. The molecule has 2 fully saturated rings. The van der Waals surface area contributed by atoms with Crippen molar-refractivity contribution in [3.05, 3.63) is 29.8 Å². The highest BCUT2D eigenvalue weighted by Gasteiger charge is 2.43. The van der Waals surface area contributed by atoms with E-state index in [2.05, 4.69) is 0 Å². The number of carbonyl (C=O) groups excluding carboxylic acids is 1. The maximum atomic E-state index is 12.6. The average molecular weight is 345 g/mol. The van der Waals surface area contributed by atoms with Crippen molar-refractivity contribution in [3.8, 4) is 0 Å². The van der Waals surface area contributed by atoms with Gasteiger partial charge in [0.1, 0.15) is 0 Å². The third-order valence-corrected chi connectivity index (χ3v) is 6.01. The first-order valence-corrected chi connectivity index (χ1v) is 8.98. The quantitative estimate of drug-likeness (QED) is 0.907. The van der Waals surface area contributed by atoms with Gasteiger partial charge in [-0.3, -0.25) is 4.79 Å². The lowest BCUT2D eigenvalue weighted by atomic mass is 9.99. The van der Waals surface area contributed by atoms with E-state index in [9.17, 15) is 27.1 Å². The van der Waals surface area contributed by atoms with Crippen LogP contribution in [-0.2, 0) is 9.84 Å². The third-order valence-electron chi connectivity index (χ3n) is 4.61. The molecular formula is C15H17F2NO4S. The number of sulfone groups is 1. The number of piperidine rings is 1. The number of benzene rings is 1. The van der Waals surface area contributed by atoms with Gasteiger partial charge in [0.05, 0.1) is 11.0 Å². The first-order chi connectivity index (χ1) is 10.8. The number of hydrogen-bond donors (Lipinski definition) is 1. The van der Waals surface area contributed by atoms with E-state index in [1.54, 1.807) is 4.90 Å². The van der Waals surface area contributed by atoms with Crippen molar-refractivity contribution in [2.24, 2.45) is 0 Å². The van der Waals surface area contributed by atoms with Crippen molar-refractivity contribution >= 4 is 15.7 Å². The number of alkyl halides is 2. The van der Waals surface area contributed by atoms with Gasteiger partial charge in [-0.25, -0.2) is 8.42 Å². The molecule has 0 spiro atoms. The van der Waals surface area contributed by atoms with Crippen molar-refractivity contribution < 1.29 is 27.1 Å². The molecule has 126 valence electrons. The predicted molar refractivity (Wildman–Crippen MR) is 77.9 cm³/mol. The molecular weight excluding hydrogens is 328 g/mol. The van der Waals surface area contributed by atoms with E-state index in [4.69, 9.17) is 0 Å². The van der Waals surface area contributed by atoms with Gasteiger partial charge in [-0.2, -0.15) is 8.78 Å². The molecule has 2 heterocycles. The minimum absolute atomic E-state index is 0.0132. The Hall–Kier alpha value is -1.54. The maximum Gasteiger partial charge on any atom is 0.341 e. The van der Waals surface area contributed by atoms with Crippen LogP contribution in [0.25, 0.3) is 0 Å². The summed E-state index contributed by atoms with van der Waals surface area (Å²) in [6.07, 6.45) is 2.37. The highest BCUT2D eigenvalue weighted by molar-refractivity contribution is 7.91. The molecule has 8 heteroatoms. The Kier molecular flexibility index (Phi) is 4.14. The summed E-state index contributed by atoms with van der Waals surface area (Å²) >= 11 is 0. The van der Waals surface area contributed by atoms with Crippen LogP contribution in [0.4, 0.5) is 8.78 Å². The van der Waals surface area contributed by atoms with E-state index in [1.165, 1.54) is 12.1 Å². The Bertz CT molecular complexity index is 691. The van der Waals surface area contributed by atoms with Crippen LogP contribution >= 0.6 is 0 Å². The average Bonchev–Trinajstić information content (AvgIpc) is 2.78. The zero-order chi connectivity index (χ0) is 16.8. The van der Waals surface area contributed by atoms with Crippen LogP contribution in [0.2, 0.25) is 0 Å². The Morgan fingerprint density at radius 3 is 2.13 bits per heavy atom. The molecule has 1 N–H and O–H groups in total. The molecule has 1 amide bonds. The molecule has 2 atom stereocenters. The highest BCUT2D eigenvalue weighted by atomic mass is 32.2. The van der Waals surface area contributed by atoms with Gasteiger partial charge in [-0.15, -0.1) is 0 Å². The van der Waals surface area contributed by atoms with E-state index in [1.807, 2.05) is 0 Å². The molecule has 3 rings (SSSR count). The summed E-state index contributed by atoms with van der Waals surface area (Å²) in [4.78, 5) is 13.8. The van der Waals surface area contributed by atoms with Crippen LogP contribution in [-0.4, -0.2) is 48.3 Å². The summed E-state index contributed by atoms with van der Waals surface area (Å²) in [5.74, 6) is -3.73. The minimum atomic E-state index is -4.65. The normalized spacial score (nSPS) is 27.5. The standard InChI is InChI=1S/C15H17F2NO4S/c16-15(17)23(21,22)13-5-1-9(2-6-13)14(20)18-10-3-4-11(18)8-12(19)7-10/h1-2,5-6,10-12,15,19H,3-4,7-8H2/t10-,11-/m0/s1. The molecule has 0 radical (unpaired) electrons. The maximum absolute atomic E-state index is 12.6. The number of carbonyl (C=O) groups is 1. The zero-order valence-electron chi connectivity index (χ0n) is 12.2. The van der Waals surface area contributed by atoms with Gasteiger partial charge in [0.25, 0.3) is 5.91 Å². The van der Waals surface area contributed by atoms with Gasteiger partial charge >= 0.3 is 5.76 Å². The molecule has 2 aliphatic rings. The molecule has 5 nitrogen and oxygen atoms in total. The number of fused-ring (bicyclic) bond motifs is 2. The minimum Gasteiger partial charge on any atom is -0.393 e. The van der Waals surface area contributed by atoms with Crippen molar-refractivity contribution in [3.63, 3.8) is 0 Å². The Morgan fingerprint density at radius 2 is 1.65 bits per heavy atom. The van der Waals surface area contributed by atoms with Gasteiger partial charge < -0.3 is 10.0 Å². The van der Waals surface area contributed by atoms with E-state index in [-0.39, 0.29) is 23.6 Å². The molecule has 1 aromatic rings. The lowest BCUT2D eigenvalue weighted by molar-refractivity contribution is 0.0287. The van der Waals surface area contributed by atoms with Crippen molar-refractivity contribution in [2.45, 2.75) is 54.5 Å². The van der Waals surface area contributed by atoms with E-state index in [0.717, 1.165) is 25.0 Å². The first kappa shape index (κ1) is 16.3. The zero-order valence-corrected chi connectivity index (χ0v) is 13.0. The van der Waals surface area contributed by atoms with Gasteiger partial charge in [0.2, 0.25) is 9.84 Å². The monoisotopic (exact) mass is 345 g/mol. The van der Waals surface area contributed by atoms with E-state index < -0.39 is 26.6 Å². The first-order valence-electron chi connectivity index (χ1n) is 7.43. The number of aliphatic hydroxyl groups excluding tert-OH is 1. The van der Waals surface area contributed by atoms with Crippen molar-refractivity contribution in [2.75, 3.05) is 0 Å². The number of halogens is 2. The fraction of sp³-hybridized carbons (Fsp3) is 0.533. The molecule has 0 aliphatic carbocycles. The van der Waals surface area contributed by atoms with Crippen LogP contribution in [0.1, 0.15) is 36.0 Å². The van der Waals surface area contributed by atoms with Crippen molar-refractivity contribution in [1.29, 1.82) is 0 Å². The fourth-order valence-electron chi connectivity index (χ4n) is 3.52. The largest absolute Gasteiger partial charge is 0.393 e. The van der Waals surface area contributed by atoms with Crippen LogP contribution in [0.15, 0.2) is 29.2 Å². The molecule has 1 aromatic carbocycles. The molecule has 2 bridgehead atoms. The van der Waals surface area contributed by atoms with Crippen LogP contribution < -0.4 is 0 Å². The summed E-state index contributed by atoms with van der Waals surface area (Å²) in [6, 6.07) is 4.58. The smallest absolute Gasteiger partial charge is 0.341 e. The second-order valence-corrected chi connectivity index (χ2v) is 7.97. The second kappa shape index (κ2) is 5.83. The van der Waals surface area contributed by atoms with Gasteiger partial charge in [-0.05, 0) is 49.9 Å². The topological polar surface area (TPSA) is 74.7 Å². The molecule has 2 aliphatic heterocycles. The van der Waals surface area contributed by atoms with Gasteiger partial charge in [0.15, 0.2) is 0 Å². The van der Waals surface area contributed by atoms with Crippen LogP contribution in [0.3, 0.4) is 0 Å². The highest BCUT2D eigenvalue weighted by Crippen LogP contribution is 2.36. The van der Waals surface area contributed by atoms with Gasteiger partial charge in [0, 0.05) is 17.6 Å². The summed E-state index contributed by atoms with van der Waals surface area (Å²) in [5, 5.41) is 9.76. The molecule has 0 unspecified atom stereocenters. The number of hydrogen-bond acceptors (Lipinski definition) is 4. The number of aliphatic hydroxyl groups is 1. The summed E-state index contributed by atoms with van der Waals surface area (Å²) in [7, 11) is -4.65. The summed E-state index contributed by atoms with van der Waals surface area (Å²) in [5.41, 5.74) is 0.270. The second-order valence-electron chi connectivity index (χ2n) is 6.05. The molecule has 23 heavy (non-hydrogen) atoms. The van der Waals surface area contributed by atoms with Crippen molar-refractivity contribution in [1.82, 2.24) is 4.90 Å². The summed E-state index contributed by atoms with van der Waals surface area (Å²) in [6.45, 7) is 0. The number of nitrogens with zero attached hydrogens (tertiary/aromatic N) is 1. The molecule has 0 aromatic heterocycles. The molecule has 0 saturated carbocycles. The third kappa shape index (κ3) is 2.85. The number of rotatable bonds is 3. The van der Waals surface area contributed by atoms with Crippen LogP contribution in [0.5, 0.6) is 0 Å². The Morgan fingerprint density at radius 1 is 1.13 bits per heavy atom.